The number of rotatable bonds is 6. The number of amides is 2. The maximum absolute atomic E-state index is 12.8. The SMILES string of the molecule is COc1ccccc1-c1nnc(SCN2C(=O)c3ccccc3C2=O)n1-c1ccc(C)cc1. The van der Waals surface area contributed by atoms with Crippen molar-refractivity contribution in [2.75, 3.05) is 13.0 Å². The molecule has 8 heteroatoms. The minimum Gasteiger partial charge on any atom is -0.496 e. The van der Waals surface area contributed by atoms with Crippen LogP contribution in [0.4, 0.5) is 0 Å². The van der Waals surface area contributed by atoms with Gasteiger partial charge in [0, 0.05) is 5.69 Å². The van der Waals surface area contributed by atoms with Crippen molar-refractivity contribution in [3.63, 3.8) is 0 Å². The summed E-state index contributed by atoms with van der Waals surface area (Å²) >= 11 is 1.28. The maximum Gasteiger partial charge on any atom is 0.262 e. The van der Waals surface area contributed by atoms with Crippen molar-refractivity contribution >= 4 is 23.6 Å². The number of fused-ring (bicyclic) bond motifs is 1. The van der Waals surface area contributed by atoms with E-state index in [0.29, 0.717) is 27.9 Å². The van der Waals surface area contributed by atoms with Crippen LogP contribution in [0.3, 0.4) is 0 Å². The van der Waals surface area contributed by atoms with Crippen LogP contribution in [0.1, 0.15) is 26.3 Å². The largest absolute Gasteiger partial charge is 0.496 e. The second kappa shape index (κ2) is 8.55. The van der Waals surface area contributed by atoms with Crippen LogP contribution in [0.2, 0.25) is 0 Å². The Hall–Kier alpha value is -3.91. The Bertz CT molecular complexity index is 1330. The smallest absolute Gasteiger partial charge is 0.262 e. The molecule has 0 saturated carbocycles. The van der Waals surface area contributed by atoms with E-state index in [1.807, 2.05) is 60.0 Å². The zero-order valence-electron chi connectivity index (χ0n) is 18.1. The zero-order valence-corrected chi connectivity index (χ0v) is 18.9. The van der Waals surface area contributed by atoms with Crippen molar-refractivity contribution in [3.8, 4) is 22.8 Å². The Labute approximate surface area is 195 Å². The number of para-hydroxylation sites is 1. The molecule has 0 spiro atoms. The molecule has 1 aliphatic heterocycles. The summed E-state index contributed by atoms with van der Waals surface area (Å²) in [5.41, 5.74) is 3.65. The fraction of sp³-hybridized carbons (Fsp3) is 0.120. The molecule has 5 rings (SSSR count). The van der Waals surface area contributed by atoms with E-state index in [0.717, 1.165) is 16.8 Å². The second-order valence-electron chi connectivity index (χ2n) is 7.53. The van der Waals surface area contributed by atoms with Crippen LogP contribution < -0.4 is 4.74 Å². The van der Waals surface area contributed by atoms with E-state index in [4.69, 9.17) is 4.74 Å². The van der Waals surface area contributed by atoms with Gasteiger partial charge in [0.25, 0.3) is 11.8 Å². The first-order valence-electron chi connectivity index (χ1n) is 10.3. The molecule has 7 nitrogen and oxygen atoms in total. The third-order valence-electron chi connectivity index (χ3n) is 5.47. The van der Waals surface area contributed by atoms with Crippen molar-refractivity contribution in [1.82, 2.24) is 19.7 Å². The first-order chi connectivity index (χ1) is 16.1. The lowest BCUT2D eigenvalue weighted by atomic mass is 10.1. The molecule has 1 aliphatic rings. The molecular weight excluding hydrogens is 436 g/mol. The Morgan fingerprint density at radius 2 is 1.42 bits per heavy atom. The van der Waals surface area contributed by atoms with Crippen molar-refractivity contribution in [1.29, 1.82) is 0 Å². The molecule has 2 heterocycles. The topological polar surface area (TPSA) is 77.3 Å². The lowest BCUT2D eigenvalue weighted by Crippen LogP contribution is -2.29. The van der Waals surface area contributed by atoms with Gasteiger partial charge >= 0.3 is 0 Å². The fourth-order valence-corrected chi connectivity index (χ4v) is 4.67. The minimum atomic E-state index is -0.297. The van der Waals surface area contributed by atoms with Crippen LogP contribution in [0.15, 0.2) is 78.0 Å². The highest BCUT2D eigenvalue weighted by atomic mass is 32.2. The number of ether oxygens (including phenoxy) is 1. The quantitative estimate of drug-likeness (QED) is 0.312. The number of aryl methyl sites for hydroxylation is 1. The molecule has 4 aromatic rings. The molecule has 0 saturated heterocycles. The standard InChI is InChI=1S/C25H20N4O3S/c1-16-11-13-17(14-12-16)29-22(20-9-5-6-10-21(20)32-2)26-27-25(29)33-15-28-23(30)18-7-3-4-8-19(18)24(28)31/h3-14H,15H2,1-2H3. The molecule has 0 atom stereocenters. The zero-order chi connectivity index (χ0) is 22.9. The Balaban J connectivity index is 1.52. The van der Waals surface area contributed by atoms with Crippen molar-refractivity contribution in [3.05, 3.63) is 89.5 Å². The van der Waals surface area contributed by atoms with E-state index in [2.05, 4.69) is 10.2 Å². The van der Waals surface area contributed by atoms with Gasteiger partial charge in [-0.15, -0.1) is 10.2 Å². The minimum absolute atomic E-state index is 0.127. The number of carbonyl (C=O) groups is 2. The molecule has 0 fully saturated rings. The molecule has 0 bridgehead atoms. The summed E-state index contributed by atoms with van der Waals surface area (Å²) < 4.78 is 7.46. The number of aromatic nitrogens is 3. The van der Waals surface area contributed by atoms with Crippen LogP contribution in [0.25, 0.3) is 17.1 Å². The predicted octanol–water partition coefficient (Wildman–Crippen LogP) is 4.60. The number of hydrogen-bond acceptors (Lipinski definition) is 6. The average Bonchev–Trinajstić information content (AvgIpc) is 3.37. The summed E-state index contributed by atoms with van der Waals surface area (Å²) in [5, 5.41) is 9.40. The van der Waals surface area contributed by atoms with E-state index in [1.54, 1.807) is 31.4 Å². The van der Waals surface area contributed by atoms with Crippen LogP contribution in [-0.2, 0) is 0 Å². The maximum atomic E-state index is 12.8. The second-order valence-corrected chi connectivity index (χ2v) is 8.45. The number of carbonyl (C=O) groups excluding carboxylic acids is 2. The third kappa shape index (κ3) is 3.68. The Morgan fingerprint density at radius 3 is 2.06 bits per heavy atom. The molecule has 2 amide bonds. The molecule has 1 aromatic heterocycles. The first-order valence-corrected chi connectivity index (χ1v) is 11.3. The van der Waals surface area contributed by atoms with Crippen LogP contribution in [0, 0.1) is 6.92 Å². The number of imide groups is 1. The molecule has 0 aliphatic carbocycles. The molecule has 0 unspecified atom stereocenters. The molecule has 0 N–H and O–H groups in total. The first kappa shape index (κ1) is 21.0. The monoisotopic (exact) mass is 456 g/mol. The van der Waals surface area contributed by atoms with E-state index in [1.165, 1.54) is 16.7 Å². The third-order valence-corrected chi connectivity index (χ3v) is 6.38. The number of benzene rings is 3. The van der Waals surface area contributed by atoms with Crippen LogP contribution in [0.5, 0.6) is 5.75 Å². The summed E-state index contributed by atoms with van der Waals surface area (Å²) in [6.45, 7) is 2.02. The average molecular weight is 457 g/mol. The Morgan fingerprint density at radius 1 is 0.818 bits per heavy atom. The van der Waals surface area contributed by atoms with Crippen LogP contribution in [-0.4, -0.2) is 44.5 Å². The van der Waals surface area contributed by atoms with Gasteiger partial charge in [-0.3, -0.25) is 19.1 Å². The summed E-state index contributed by atoms with van der Waals surface area (Å²) in [4.78, 5) is 26.8. The van der Waals surface area contributed by atoms with Gasteiger partial charge in [-0.25, -0.2) is 0 Å². The van der Waals surface area contributed by atoms with E-state index in [9.17, 15) is 9.59 Å². The number of nitrogens with zero attached hydrogens (tertiary/aromatic N) is 4. The van der Waals surface area contributed by atoms with Crippen molar-refractivity contribution in [2.24, 2.45) is 0 Å². The van der Waals surface area contributed by atoms with Gasteiger partial charge in [-0.2, -0.15) is 0 Å². The van der Waals surface area contributed by atoms with Crippen molar-refractivity contribution in [2.45, 2.75) is 12.1 Å². The van der Waals surface area contributed by atoms with Gasteiger partial charge in [0.2, 0.25) is 0 Å². The van der Waals surface area contributed by atoms with E-state index >= 15 is 0 Å². The molecular formula is C25H20N4O3S. The molecule has 33 heavy (non-hydrogen) atoms. The van der Waals surface area contributed by atoms with Crippen LogP contribution >= 0.6 is 11.8 Å². The normalized spacial score (nSPS) is 12.8. The highest BCUT2D eigenvalue weighted by Gasteiger charge is 2.35. The van der Waals surface area contributed by atoms with Gasteiger partial charge in [-0.1, -0.05) is 53.7 Å². The van der Waals surface area contributed by atoms with E-state index < -0.39 is 0 Å². The van der Waals surface area contributed by atoms with Gasteiger partial charge in [0.15, 0.2) is 11.0 Å². The summed E-state index contributed by atoms with van der Waals surface area (Å²) in [6, 6.07) is 22.5. The summed E-state index contributed by atoms with van der Waals surface area (Å²) in [7, 11) is 1.61. The number of thioether (sulfide) groups is 1. The van der Waals surface area contributed by atoms with Gasteiger partial charge in [0.1, 0.15) is 5.75 Å². The lowest BCUT2D eigenvalue weighted by molar-refractivity contribution is 0.0684. The van der Waals surface area contributed by atoms with Crippen molar-refractivity contribution < 1.29 is 14.3 Å². The predicted molar refractivity (Wildman–Crippen MR) is 126 cm³/mol. The highest BCUT2D eigenvalue weighted by Crippen LogP contribution is 2.34. The number of methoxy groups -OCH3 is 1. The molecule has 3 aromatic carbocycles. The summed E-state index contributed by atoms with van der Waals surface area (Å²) in [5.74, 6) is 0.822. The van der Waals surface area contributed by atoms with Gasteiger partial charge in [0.05, 0.1) is 29.7 Å². The van der Waals surface area contributed by atoms with Gasteiger partial charge < -0.3 is 4.74 Å². The Kier molecular flexibility index (Phi) is 5.43. The molecule has 0 radical (unpaired) electrons. The van der Waals surface area contributed by atoms with E-state index in [-0.39, 0.29) is 17.7 Å². The molecule has 164 valence electrons. The fourth-order valence-electron chi connectivity index (χ4n) is 3.77. The summed E-state index contributed by atoms with van der Waals surface area (Å²) in [6.07, 6.45) is 0. The van der Waals surface area contributed by atoms with Gasteiger partial charge in [-0.05, 0) is 43.3 Å². The number of hydrogen-bond donors (Lipinski definition) is 0. The highest BCUT2D eigenvalue weighted by molar-refractivity contribution is 7.99. The lowest BCUT2D eigenvalue weighted by Gasteiger charge is -2.15.